The van der Waals surface area contributed by atoms with E-state index in [1.807, 2.05) is 14.1 Å². The van der Waals surface area contributed by atoms with E-state index in [0.717, 1.165) is 89.2 Å². The lowest BCUT2D eigenvalue weighted by Gasteiger charge is -2.72. The number of aliphatic hydroxyl groups is 1. The van der Waals surface area contributed by atoms with Crippen LogP contribution < -0.4 is 0 Å². The summed E-state index contributed by atoms with van der Waals surface area (Å²) < 4.78 is 6.19. The van der Waals surface area contributed by atoms with Crippen LogP contribution in [0.4, 0.5) is 0 Å². The first kappa shape index (κ1) is 44.3. The summed E-state index contributed by atoms with van der Waals surface area (Å²) in [6.45, 7) is 21.0. The largest absolute Gasteiger partial charge is 0.481 e. The Morgan fingerprint density at radius 1 is 0.842 bits per heavy atom. The molecule has 6 aliphatic carbocycles. The summed E-state index contributed by atoms with van der Waals surface area (Å²) in [7, 11) is 4.09. The van der Waals surface area contributed by atoms with Gasteiger partial charge in [-0.25, -0.2) is 0 Å². The average Bonchev–Trinajstić information content (AvgIpc) is 3.43. The van der Waals surface area contributed by atoms with Crippen LogP contribution in [0, 0.1) is 56.2 Å². The third-order valence-electron chi connectivity index (χ3n) is 18.0. The second-order valence-corrected chi connectivity index (χ2v) is 22.5. The van der Waals surface area contributed by atoms with E-state index in [9.17, 15) is 29.4 Å². The molecular weight excluding hydrogens is 717 g/mol. The van der Waals surface area contributed by atoms with Crippen LogP contribution >= 0.6 is 0 Å². The first-order valence-corrected chi connectivity index (χ1v) is 22.8. The number of ether oxygens (including phenoxy) is 1. The number of carbonyl (C=O) groups is 4. The van der Waals surface area contributed by atoms with Crippen molar-refractivity contribution in [1.29, 1.82) is 0 Å². The molecule has 1 amide bonds. The van der Waals surface area contributed by atoms with E-state index in [2.05, 4.69) is 58.3 Å². The number of carbonyl (C=O) groups excluding carboxylic acids is 3. The van der Waals surface area contributed by atoms with Crippen LogP contribution in [-0.2, 0) is 23.9 Å². The van der Waals surface area contributed by atoms with Gasteiger partial charge in [0, 0.05) is 36.4 Å². The van der Waals surface area contributed by atoms with Gasteiger partial charge in [-0.3, -0.25) is 19.2 Å². The number of allylic oxidation sites excluding steroid dienone is 1. The monoisotopic (exact) mass is 795 g/mol. The molecular formula is C48H78N2O7. The molecule has 0 unspecified atom stereocenters. The van der Waals surface area contributed by atoms with Gasteiger partial charge in [-0.15, -0.1) is 0 Å². The van der Waals surface area contributed by atoms with Crippen LogP contribution in [0.2, 0.25) is 0 Å². The molecule has 0 bridgehead atoms. The number of aliphatic carboxylic acids is 1. The molecule has 0 heterocycles. The number of hydrogen-bond acceptors (Lipinski definition) is 7. The number of ketones is 1. The molecule has 5 fully saturated rings. The van der Waals surface area contributed by atoms with Crippen LogP contribution in [0.1, 0.15) is 165 Å². The summed E-state index contributed by atoms with van der Waals surface area (Å²) in [5.41, 5.74) is -0.0336. The highest BCUT2D eigenvalue weighted by Crippen LogP contribution is 2.77. The van der Waals surface area contributed by atoms with Crippen molar-refractivity contribution < 1.29 is 34.1 Å². The zero-order valence-electron chi connectivity index (χ0n) is 37.6. The number of esters is 1. The normalized spacial score (nSPS) is 37.3. The Labute approximate surface area is 344 Å². The van der Waals surface area contributed by atoms with Gasteiger partial charge in [0.2, 0.25) is 5.91 Å². The van der Waals surface area contributed by atoms with Gasteiger partial charge >= 0.3 is 11.9 Å². The third kappa shape index (κ3) is 7.37. The first-order valence-electron chi connectivity index (χ1n) is 22.8. The average molecular weight is 795 g/mol. The van der Waals surface area contributed by atoms with Crippen molar-refractivity contribution in [3.8, 4) is 0 Å². The predicted octanol–water partition coefficient (Wildman–Crippen LogP) is 8.85. The summed E-state index contributed by atoms with van der Waals surface area (Å²) in [6.07, 6.45) is 12.1. The highest BCUT2D eigenvalue weighted by molar-refractivity contribution is 6.01. The van der Waals surface area contributed by atoms with Gasteiger partial charge in [-0.05, 0) is 138 Å². The molecule has 0 spiro atoms. The van der Waals surface area contributed by atoms with Gasteiger partial charge in [-0.2, -0.15) is 0 Å². The van der Waals surface area contributed by atoms with Gasteiger partial charge < -0.3 is 24.7 Å². The summed E-state index contributed by atoms with van der Waals surface area (Å²) in [5.74, 6) is -0.185. The van der Waals surface area contributed by atoms with Crippen molar-refractivity contribution in [3.63, 3.8) is 0 Å². The van der Waals surface area contributed by atoms with E-state index < -0.39 is 28.9 Å². The smallest absolute Gasteiger partial charge is 0.309 e. The molecule has 9 nitrogen and oxygen atoms in total. The number of rotatable bonds is 12. The Morgan fingerprint density at radius 2 is 1.51 bits per heavy atom. The predicted molar refractivity (Wildman–Crippen MR) is 223 cm³/mol. The van der Waals surface area contributed by atoms with Crippen LogP contribution in [0.25, 0.3) is 0 Å². The molecule has 322 valence electrons. The fourth-order valence-electron chi connectivity index (χ4n) is 14.6. The number of carboxylic acids is 1. The van der Waals surface area contributed by atoms with Gasteiger partial charge in [0.05, 0.1) is 24.4 Å². The molecule has 5 saturated carbocycles. The van der Waals surface area contributed by atoms with Gasteiger partial charge in [0.25, 0.3) is 0 Å². The van der Waals surface area contributed by atoms with Crippen molar-refractivity contribution in [2.24, 2.45) is 56.2 Å². The van der Waals surface area contributed by atoms with Crippen LogP contribution in [0.3, 0.4) is 0 Å². The zero-order valence-corrected chi connectivity index (χ0v) is 37.6. The highest BCUT2D eigenvalue weighted by Gasteiger charge is 2.71. The first-order chi connectivity index (χ1) is 26.5. The lowest BCUT2D eigenvalue weighted by molar-refractivity contribution is -0.235. The van der Waals surface area contributed by atoms with E-state index in [4.69, 9.17) is 4.74 Å². The van der Waals surface area contributed by atoms with Crippen molar-refractivity contribution in [1.82, 2.24) is 9.80 Å². The number of likely N-dealkylation sites (N-methyl/N-ethyl adjacent to an activating group) is 1. The molecule has 57 heavy (non-hydrogen) atoms. The summed E-state index contributed by atoms with van der Waals surface area (Å²) in [5, 5.41) is 22.2. The van der Waals surface area contributed by atoms with E-state index in [0.29, 0.717) is 24.8 Å². The molecule has 0 aromatic carbocycles. The fraction of sp³-hybridized carbons (Fsp3) is 0.875. The van der Waals surface area contributed by atoms with E-state index in [1.165, 1.54) is 12.0 Å². The fourth-order valence-corrected chi connectivity index (χ4v) is 14.6. The van der Waals surface area contributed by atoms with Crippen LogP contribution in [0.5, 0.6) is 0 Å². The minimum absolute atomic E-state index is 0.00386. The Hall–Kier alpha value is -2.26. The second-order valence-electron chi connectivity index (χ2n) is 22.5. The van der Waals surface area contributed by atoms with Crippen molar-refractivity contribution in [2.75, 3.05) is 27.2 Å². The van der Waals surface area contributed by atoms with Crippen LogP contribution in [0.15, 0.2) is 11.1 Å². The van der Waals surface area contributed by atoms with Crippen molar-refractivity contribution in [2.45, 2.75) is 183 Å². The number of hydrogen-bond donors (Lipinski definition) is 2. The van der Waals surface area contributed by atoms with E-state index >= 15 is 0 Å². The number of nitrogens with zero attached hydrogens (tertiary/aromatic N) is 2. The van der Waals surface area contributed by atoms with E-state index in [-0.39, 0.29) is 70.2 Å². The molecule has 0 aliphatic heterocycles. The maximum absolute atomic E-state index is 14.4. The standard InChI is InChI=1S/C48H78N2O7/c1-30(2)40-33(51)28-48(36(52)27-38(53)50(26-25-49(10)11)31-15-13-12-14-16-31)24-23-46(8)32(41(40)48)17-18-35-45(7)21-20-37(57-39(54)29-43(3,4)42(55)56)44(5,6)34(45)19-22-47(35,46)9/h30-32,34-37,52H,12-29H2,1-11H3,(H,55,56)/t32-,34+,35-,36-,37+,45+,46-,47-,48+/m1/s1. The number of carboxylic acid groups (broad SMARTS) is 1. The zero-order chi connectivity index (χ0) is 42.1. The molecule has 0 aromatic heterocycles. The van der Waals surface area contributed by atoms with Gasteiger partial charge in [-0.1, -0.05) is 73.3 Å². The number of aliphatic hydroxyl groups excluding tert-OH is 1. The maximum atomic E-state index is 14.4. The molecule has 0 saturated heterocycles. The number of fused-ring (bicyclic) bond motifs is 7. The minimum atomic E-state index is -1.18. The maximum Gasteiger partial charge on any atom is 0.309 e. The molecule has 6 aliphatic rings. The summed E-state index contributed by atoms with van der Waals surface area (Å²) >= 11 is 0. The number of amides is 1. The topological polar surface area (TPSA) is 124 Å². The lowest BCUT2D eigenvalue weighted by Crippen LogP contribution is -2.66. The summed E-state index contributed by atoms with van der Waals surface area (Å²) in [6, 6.07) is 0.222. The molecule has 0 aromatic rings. The second kappa shape index (κ2) is 15.6. The van der Waals surface area contributed by atoms with E-state index in [1.54, 1.807) is 13.8 Å². The number of Topliss-reactive ketones (excluding diaryl/α,β-unsaturated/α-hetero) is 1. The third-order valence-corrected chi connectivity index (χ3v) is 18.0. The molecule has 0 radical (unpaired) electrons. The SMILES string of the molecule is CC(C)C1=C2[C@H]3CC[C@@H]4[C@@]5(C)CC[C@H](OC(=O)CC(C)(C)C(=O)O)C(C)(C)[C@@H]5CC[C@@]4(C)[C@]3(C)CC[C@@]2([C@H](O)CC(=O)N(CCN(C)C)C2CCCCC2)CC1=O. The minimum Gasteiger partial charge on any atom is -0.481 e. The highest BCUT2D eigenvalue weighted by atomic mass is 16.5. The lowest BCUT2D eigenvalue weighted by atomic mass is 9.33. The molecule has 9 heteroatoms. The molecule has 2 N–H and O–H groups in total. The summed E-state index contributed by atoms with van der Waals surface area (Å²) in [4.78, 5) is 57.8. The van der Waals surface area contributed by atoms with Crippen LogP contribution in [-0.4, -0.2) is 89.1 Å². The van der Waals surface area contributed by atoms with Gasteiger partial charge in [0.15, 0.2) is 5.78 Å². The quantitative estimate of drug-likeness (QED) is 0.188. The Bertz CT molecular complexity index is 1610. The Balaban J connectivity index is 1.27. The van der Waals surface area contributed by atoms with Gasteiger partial charge in [0.1, 0.15) is 6.10 Å². The Kier molecular flexibility index (Phi) is 12.2. The Morgan fingerprint density at radius 3 is 2.12 bits per heavy atom. The van der Waals surface area contributed by atoms with Crippen molar-refractivity contribution >= 4 is 23.6 Å². The van der Waals surface area contributed by atoms with Crippen molar-refractivity contribution in [3.05, 3.63) is 11.1 Å². The molecule has 6 rings (SSSR count). The molecule has 9 atom stereocenters.